The van der Waals surface area contributed by atoms with E-state index in [1.165, 1.54) is 0 Å². The molecule has 0 spiro atoms. The van der Waals surface area contributed by atoms with E-state index in [2.05, 4.69) is 10.3 Å². The fourth-order valence-electron chi connectivity index (χ4n) is 6.40. The number of rotatable bonds is 6. The number of aryl methyl sites for hydroxylation is 1. The number of halogens is 3. The van der Waals surface area contributed by atoms with Gasteiger partial charge in [-0.3, -0.25) is 9.59 Å². The van der Waals surface area contributed by atoms with Crippen LogP contribution in [0.5, 0.6) is 0 Å². The molecule has 11 heteroatoms. The van der Waals surface area contributed by atoms with Crippen molar-refractivity contribution < 1.29 is 32.2 Å². The number of carbonyl (C=O) groups is 2. The van der Waals surface area contributed by atoms with Crippen molar-refractivity contribution in [3.05, 3.63) is 76.4 Å². The lowest BCUT2D eigenvalue weighted by molar-refractivity contribution is -0.173. The van der Waals surface area contributed by atoms with E-state index in [0.29, 0.717) is 68.0 Å². The number of likely N-dealkylation sites (tertiary alicyclic amines) is 1. The summed E-state index contributed by atoms with van der Waals surface area (Å²) in [6.45, 7) is 12.3. The molecule has 1 atom stereocenters. The predicted octanol–water partition coefficient (Wildman–Crippen LogP) is 6.08. The van der Waals surface area contributed by atoms with Gasteiger partial charge >= 0.3 is 5.97 Å². The Morgan fingerprint density at radius 3 is 2.36 bits per heavy atom. The Bertz CT molecular complexity index is 1550. The molecule has 2 aliphatic heterocycles. The molecule has 2 fully saturated rings. The van der Waals surface area contributed by atoms with E-state index < -0.39 is 39.9 Å². The Morgan fingerprint density at radius 2 is 1.73 bits per heavy atom. The monoisotopic (exact) mass is 612 g/mol. The molecule has 3 aromatic rings. The molecule has 0 N–H and O–H groups in total. The van der Waals surface area contributed by atoms with Crippen molar-refractivity contribution >= 4 is 11.9 Å². The lowest BCUT2D eigenvalue weighted by Crippen LogP contribution is -2.45. The summed E-state index contributed by atoms with van der Waals surface area (Å²) in [6, 6.07) is 7.43. The quantitative estimate of drug-likeness (QED) is 0.248. The Hall–Kier alpha value is -3.73. The number of ether oxygens (including phenoxy) is 2. The van der Waals surface area contributed by atoms with E-state index in [9.17, 15) is 22.8 Å². The first-order chi connectivity index (χ1) is 20.6. The highest BCUT2D eigenvalue weighted by Gasteiger charge is 2.46. The molecule has 2 aliphatic rings. The van der Waals surface area contributed by atoms with Gasteiger partial charge < -0.3 is 14.4 Å². The minimum absolute atomic E-state index is 0.276. The molecule has 5 rings (SSSR count). The summed E-state index contributed by atoms with van der Waals surface area (Å²) in [5.41, 5.74) is 0.420. The summed E-state index contributed by atoms with van der Waals surface area (Å²) in [4.78, 5) is 29.1. The maximum Gasteiger partial charge on any atom is 0.313 e. The van der Waals surface area contributed by atoms with Gasteiger partial charge in [-0.05, 0) is 96.2 Å². The van der Waals surface area contributed by atoms with E-state index in [0.717, 1.165) is 17.7 Å². The van der Waals surface area contributed by atoms with Gasteiger partial charge in [0, 0.05) is 37.6 Å². The smallest absolute Gasteiger partial charge is 0.313 e. The second-order valence-electron chi connectivity index (χ2n) is 13.5. The topological polar surface area (TPSA) is 86.6 Å². The Kier molecular flexibility index (Phi) is 8.39. The van der Waals surface area contributed by atoms with Gasteiger partial charge in [0.2, 0.25) is 0 Å². The molecule has 1 unspecified atom stereocenters. The molecule has 2 aromatic carbocycles. The number of benzene rings is 2. The van der Waals surface area contributed by atoms with Crippen LogP contribution in [0.25, 0.3) is 5.69 Å². The summed E-state index contributed by atoms with van der Waals surface area (Å²) < 4.78 is 54.7. The van der Waals surface area contributed by atoms with Gasteiger partial charge in [0.15, 0.2) is 17.5 Å². The van der Waals surface area contributed by atoms with Gasteiger partial charge in [-0.25, -0.2) is 17.9 Å². The number of amides is 1. The van der Waals surface area contributed by atoms with Gasteiger partial charge in [-0.2, -0.15) is 0 Å². The summed E-state index contributed by atoms with van der Waals surface area (Å²) in [5.74, 6) is -4.99. The number of nitrogens with zero attached hydrogens (tertiary/aromatic N) is 4. The van der Waals surface area contributed by atoms with Crippen molar-refractivity contribution in [2.75, 3.05) is 19.8 Å². The maximum atomic E-state index is 14.1. The molecular formula is C33H39F3N4O4. The first-order valence-corrected chi connectivity index (χ1v) is 14.9. The van der Waals surface area contributed by atoms with Crippen LogP contribution in [0.4, 0.5) is 13.2 Å². The highest BCUT2D eigenvalue weighted by Crippen LogP contribution is 2.43. The molecule has 0 bridgehead atoms. The van der Waals surface area contributed by atoms with Crippen molar-refractivity contribution in [3.8, 4) is 5.69 Å². The van der Waals surface area contributed by atoms with Crippen LogP contribution in [0.2, 0.25) is 0 Å². The van der Waals surface area contributed by atoms with E-state index >= 15 is 0 Å². The van der Waals surface area contributed by atoms with Crippen LogP contribution in [0.1, 0.15) is 87.0 Å². The van der Waals surface area contributed by atoms with E-state index in [-0.39, 0.29) is 11.9 Å². The van der Waals surface area contributed by atoms with Gasteiger partial charge in [0.05, 0.1) is 28.6 Å². The summed E-state index contributed by atoms with van der Waals surface area (Å²) in [7, 11) is 0. The molecule has 0 saturated carbocycles. The standard InChI is InChI=1S/C33H39F3N4O4/c1-20-7-8-23(29(41)39-12-9-24(32(39,5)6)21-16-25(34)28(36)26(35)17-21)27(15-20)40-19-22(37-38-40)18-33(10-13-43-14-11-33)30(42)44-31(2,3)4/h7-8,15-17,19,24H,9-14,18H2,1-6H3. The zero-order chi connectivity index (χ0) is 32.0. The van der Waals surface area contributed by atoms with Gasteiger partial charge in [0.1, 0.15) is 5.60 Å². The highest BCUT2D eigenvalue weighted by molar-refractivity contribution is 5.98. The van der Waals surface area contributed by atoms with E-state index in [1.54, 1.807) is 21.8 Å². The zero-order valence-corrected chi connectivity index (χ0v) is 26.0. The molecule has 0 aliphatic carbocycles. The Balaban J connectivity index is 1.43. The lowest BCUT2D eigenvalue weighted by atomic mass is 9.76. The number of carbonyl (C=O) groups excluding carboxylic acids is 2. The van der Waals surface area contributed by atoms with Crippen molar-refractivity contribution in [1.82, 2.24) is 19.9 Å². The SMILES string of the molecule is Cc1ccc(C(=O)N2CCC(c3cc(F)c(F)c(F)c3)C2(C)C)c(-n2cc(CC3(C(=O)OC(C)(C)C)CCOCC3)nn2)c1. The van der Waals surface area contributed by atoms with Crippen LogP contribution in [0.15, 0.2) is 36.5 Å². The average Bonchev–Trinajstić information content (AvgIpc) is 3.53. The summed E-state index contributed by atoms with van der Waals surface area (Å²) in [5, 5.41) is 8.73. The minimum Gasteiger partial charge on any atom is -0.460 e. The van der Waals surface area contributed by atoms with Crippen molar-refractivity contribution in [2.45, 2.75) is 84.3 Å². The number of esters is 1. The van der Waals surface area contributed by atoms with E-state index in [4.69, 9.17) is 9.47 Å². The normalized spacial score (nSPS) is 19.7. The van der Waals surface area contributed by atoms with Gasteiger partial charge in [0.25, 0.3) is 5.91 Å². The molecule has 3 heterocycles. The third-order valence-electron chi connectivity index (χ3n) is 8.82. The van der Waals surface area contributed by atoms with Crippen LogP contribution >= 0.6 is 0 Å². The third-order valence-corrected chi connectivity index (χ3v) is 8.82. The summed E-state index contributed by atoms with van der Waals surface area (Å²) >= 11 is 0. The number of aromatic nitrogens is 3. The van der Waals surface area contributed by atoms with Gasteiger partial charge in [-0.1, -0.05) is 11.3 Å². The fraction of sp³-hybridized carbons (Fsp3) is 0.515. The van der Waals surface area contributed by atoms with Crippen molar-refractivity contribution in [3.63, 3.8) is 0 Å². The molecule has 1 amide bonds. The number of hydrogen-bond donors (Lipinski definition) is 0. The van der Waals surface area contributed by atoms with Crippen LogP contribution in [-0.4, -0.2) is 62.7 Å². The molecule has 0 radical (unpaired) electrons. The largest absolute Gasteiger partial charge is 0.460 e. The second kappa shape index (κ2) is 11.6. The molecular weight excluding hydrogens is 573 g/mol. The van der Waals surface area contributed by atoms with Crippen LogP contribution < -0.4 is 0 Å². The highest BCUT2D eigenvalue weighted by atomic mass is 19.2. The first kappa shape index (κ1) is 31.7. The van der Waals surface area contributed by atoms with Crippen LogP contribution in [0, 0.1) is 29.8 Å². The average molecular weight is 613 g/mol. The van der Waals surface area contributed by atoms with Crippen molar-refractivity contribution in [1.29, 1.82) is 0 Å². The fourth-order valence-corrected chi connectivity index (χ4v) is 6.40. The lowest BCUT2D eigenvalue weighted by Gasteiger charge is -2.36. The first-order valence-electron chi connectivity index (χ1n) is 14.9. The zero-order valence-electron chi connectivity index (χ0n) is 26.0. The molecule has 44 heavy (non-hydrogen) atoms. The molecule has 2 saturated heterocycles. The van der Waals surface area contributed by atoms with Crippen LogP contribution in [0.3, 0.4) is 0 Å². The van der Waals surface area contributed by atoms with E-state index in [1.807, 2.05) is 53.7 Å². The maximum absolute atomic E-state index is 14.1. The molecule has 236 valence electrons. The Morgan fingerprint density at radius 1 is 1.07 bits per heavy atom. The minimum atomic E-state index is -1.51. The summed E-state index contributed by atoms with van der Waals surface area (Å²) in [6.07, 6.45) is 3.49. The van der Waals surface area contributed by atoms with Crippen molar-refractivity contribution in [2.24, 2.45) is 5.41 Å². The van der Waals surface area contributed by atoms with Crippen LogP contribution in [-0.2, 0) is 20.7 Å². The third kappa shape index (κ3) is 6.11. The molecule has 8 nitrogen and oxygen atoms in total. The van der Waals surface area contributed by atoms with Gasteiger partial charge in [-0.15, -0.1) is 5.10 Å². The second-order valence-corrected chi connectivity index (χ2v) is 13.5. The number of hydrogen-bond acceptors (Lipinski definition) is 6. The molecule has 1 aromatic heterocycles. The Labute approximate surface area is 255 Å². The predicted molar refractivity (Wildman–Crippen MR) is 157 cm³/mol.